The van der Waals surface area contributed by atoms with Gasteiger partial charge in [0.05, 0.1) is 17.7 Å². The molecule has 0 aliphatic carbocycles. The molecule has 4 nitrogen and oxygen atoms in total. The summed E-state index contributed by atoms with van der Waals surface area (Å²) in [4.78, 5) is 5.35. The van der Waals surface area contributed by atoms with Crippen LogP contribution in [0.1, 0.15) is 18.6 Å². The summed E-state index contributed by atoms with van der Waals surface area (Å²) in [6, 6.07) is 9.74. The van der Waals surface area contributed by atoms with Crippen LogP contribution in [0, 0.1) is 17.2 Å². The van der Waals surface area contributed by atoms with Gasteiger partial charge in [-0.3, -0.25) is 0 Å². The molecular weight excluding hydrogens is 282 g/mol. The lowest BCUT2D eigenvalue weighted by Crippen LogP contribution is -1.96. The Labute approximate surface area is 120 Å². The van der Waals surface area contributed by atoms with Gasteiger partial charge in [-0.25, -0.2) is 0 Å². The molecule has 1 aromatic heterocycles. The van der Waals surface area contributed by atoms with E-state index in [0.29, 0.717) is 23.9 Å². The summed E-state index contributed by atoms with van der Waals surface area (Å²) in [5, 5.41) is 13.3. The van der Waals surface area contributed by atoms with E-state index in [1.54, 1.807) is 11.8 Å². The second kappa shape index (κ2) is 6.60. The number of benzene rings is 1. The Balaban J connectivity index is 1.90. The van der Waals surface area contributed by atoms with Gasteiger partial charge in [0.1, 0.15) is 0 Å². The topological polar surface area (TPSA) is 62.7 Å². The lowest BCUT2D eigenvalue weighted by Gasteiger charge is -1.97. The molecule has 19 heavy (non-hydrogen) atoms. The van der Waals surface area contributed by atoms with Gasteiger partial charge < -0.3 is 4.52 Å². The molecule has 0 aliphatic heterocycles. The van der Waals surface area contributed by atoms with Gasteiger partial charge in [-0.1, -0.05) is 16.8 Å². The van der Waals surface area contributed by atoms with Crippen LogP contribution in [0.5, 0.6) is 0 Å². The Bertz CT molecular complexity index is 576. The standard InChI is InChI=1S/C13H12ClN3OS/c1-9(7-15)6-13-16-12(17-18-13)8-19-11-4-2-10(14)3-5-11/h2-5,9H,6,8H2,1H3. The number of hydrogen-bond donors (Lipinski definition) is 0. The summed E-state index contributed by atoms with van der Waals surface area (Å²) in [5.74, 6) is 1.67. The SMILES string of the molecule is CC(C#N)Cc1nc(CSc2ccc(Cl)cc2)no1. The number of aromatic nitrogens is 2. The molecule has 98 valence electrons. The maximum absolute atomic E-state index is 8.72. The number of nitriles is 1. The normalized spacial score (nSPS) is 12.1. The van der Waals surface area contributed by atoms with Crippen molar-refractivity contribution >= 4 is 23.4 Å². The van der Waals surface area contributed by atoms with Gasteiger partial charge in [0, 0.05) is 16.3 Å². The van der Waals surface area contributed by atoms with Gasteiger partial charge in [0.25, 0.3) is 0 Å². The molecule has 1 aromatic carbocycles. The van der Waals surface area contributed by atoms with Crippen LogP contribution in [0.25, 0.3) is 0 Å². The molecule has 1 atom stereocenters. The fraction of sp³-hybridized carbons (Fsp3) is 0.308. The molecule has 2 rings (SSSR count). The maximum Gasteiger partial charge on any atom is 0.227 e. The molecule has 0 radical (unpaired) electrons. The zero-order chi connectivity index (χ0) is 13.7. The number of rotatable bonds is 5. The third-order valence-corrected chi connectivity index (χ3v) is 3.65. The van der Waals surface area contributed by atoms with Crippen molar-refractivity contribution in [2.75, 3.05) is 0 Å². The monoisotopic (exact) mass is 293 g/mol. The van der Waals surface area contributed by atoms with Gasteiger partial charge in [-0.15, -0.1) is 11.8 Å². The van der Waals surface area contributed by atoms with Crippen LogP contribution in [-0.4, -0.2) is 10.1 Å². The smallest absolute Gasteiger partial charge is 0.227 e. The third-order valence-electron chi connectivity index (χ3n) is 2.39. The third kappa shape index (κ3) is 4.27. The largest absolute Gasteiger partial charge is 0.339 e. The molecule has 0 aliphatic rings. The van der Waals surface area contributed by atoms with E-state index in [2.05, 4.69) is 16.2 Å². The Hall–Kier alpha value is -1.51. The fourth-order valence-corrected chi connectivity index (χ4v) is 2.29. The second-order valence-corrected chi connectivity index (χ2v) is 5.57. The summed E-state index contributed by atoms with van der Waals surface area (Å²) >= 11 is 7.43. The van der Waals surface area contributed by atoms with E-state index >= 15 is 0 Å². The summed E-state index contributed by atoms with van der Waals surface area (Å²) in [5.41, 5.74) is 0. The molecule has 0 saturated heterocycles. The van der Waals surface area contributed by atoms with Crippen molar-refractivity contribution in [2.45, 2.75) is 24.0 Å². The van der Waals surface area contributed by atoms with Crippen molar-refractivity contribution in [3.05, 3.63) is 41.0 Å². The molecule has 0 spiro atoms. The first-order valence-corrected chi connectivity index (χ1v) is 7.13. The van der Waals surface area contributed by atoms with Crippen molar-refractivity contribution in [3.8, 4) is 6.07 Å². The molecule has 0 N–H and O–H groups in total. The van der Waals surface area contributed by atoms with E-state index in [9.17, 15) is 0 Å². The van der Waals surface area contributed by atoms with Crippen LogP contribution < -0.4 is 0 Å². The Kier molecular flexibility index (Phi) is 4.83. The number of nitrogens with zero attached hydrogens (tertiary/aromatic N) is 3. The number of thioether (sulfide) groups is 1. The highest BCUT2D eigenvalue weighted by Gasteiger charge is 2.10. The molecule has 1 unspecified atom stereocenters. The van der Waals surface area contributed by atoms with Gasteiger partial charge in [-0.2, -0.15) is 10.2 Å². The zero-order valence-electron chi connectivity index (χ0n) is 10.3. The summed E-state index contributed by atoms with van der Waals surface area (Å²) < 4.78 is 5.10. The van der Waals surface area contributed by atoms with Crippen LogP contribution in [0.3, 0.4) is 0 Å². The second-order valence-electron chi connectivity index (χ2n) is 4.08. The van der Waals surface area contributed by atoms with Crippen LogP contribution in [0.4, 0.5) is 0 Å². The van der Waals surface area contributed by atoms with Crippen molar-refractivity contribution in [1.82, 2.24) is 10.1 Å². The summed E-state index contributed by atoms with van der Waals surface area (Å²) in [7, 11) is 0. The minimum absolute atomic E-state index is 0.114. The van der Waals surface area contributed by atoms with Crippen molar-refractivity contribution < 1.29 is 4.52 Å². The first kappa shape index (κ1) is 13.9. The first-order valence-electron chi connectivity index (χ1n) is 5.77. The summed E-state index contributed by atoms with van der Waals surface area (Å²) in [6.07, 6.45) is 0.495. The fourth-order valence-electron chi connectivity index (χ4n) is 1.42. The molecular formula is C13H12ClN3OS. The van der Waals surface area contributed by atoms with Gasteiger partial charge in [0.2, 0.25) is 5.89 Å². The number of halogens is 1. The maximum atomic E-state index is 8.72. The van der Waals surface area contributed by atoms with Gasteiger partial charge in [0.15, 0.2) is 5.82 Å². The van der Waals surface area contributed by atoms with Crippen LogP contribution in [0.2, 0.25) is 5.02 Å². The van der Waals surface area contributed by atoms with E-state index in [4.69, 9.17) is 21.4 Å². The van der Waals surface area contributed by atoms with E-state index in [-0.39, 0.29) is 5.92 Å². The highest BCUT2D eigenvalue weighted by Crippen LogP contribution is 2.23. The first-order chi connectivity index (χ1) is 9.17. The lowest BCUT2D eigenvalue weighted by molar-refractivity contribution is 0.366. The predicted octanol–water partition coefficient (Wildman–Crippen LogP) is 3.72. The highest BCUT2D eigenvalue weighted by molar-refractivity contribution is 7.98. The molecule has 2 aromatic rings. The van der Waals surface area contributed by atoms with E-state index < -0.39 is 0 Å². The van der Waals surface area contributed by atoms with Crippen molar-refractivity contribution in [2.24, 2.45) is 5.92 Å². The number of hydrogen-bond acceptors (Lipinski definition) is 5. The average Bonchev–Trinajstić information content (AvgIpc) is 2.85. The molecule has 0 fully saturated rings. The molecule has 0 saturated carbocycles. The molecule has 1 heterocycles. The van der Waals surface area contributed by atoms with Gasteiger partial charge in [-0.05, 0) is 31.2 Å². The Morgan fingerprint density at radius 2 is 2.16 bits per heavy atom. The van der Waals surface area contributed by atoms with Gasteiger partial charge >= 0.3 is 0 Å². The summed E-state index contributed by atoms with van der Waals surface area (Å²) in [6.45, 7) is 1.83. The van der Waals surface area contributed by atoms with Crippen LogP contribution >= 0.6 is 23.4 Å². The quantitative estimate of drug-likeness (QED) is 0.786. The molecule has 0 amide bonds. The average molecular weight is 294 g/mol. The lowest BCUT2D eigenvalue weighted by atomic mass is 10.1. The minimum atomic E-state index is -0.114. The molecule has 0 bridgehead atoms. The van der Waals surface area contributed by atoms with E-state index in [1.807, 2.05) is 31.2 Å². The van der Waals surface area contributed by atoms with Crippen LogP contribution in [-0.2, 0) is 12.2 Å². The minimum Gasteiger partial charge on any atom is -0.339 e. The highest BCUT2D eigenvalue weighted by atomic mass is 35.5. The van der Waals surface area contributed by atoms with Crippen molar-refractivity contribution in [3.63, 3.8) is 0 Å². The molecule has 6 heteroatoms. The predicted molar refractivity (Wildman–Crippen MR) is 73.8 cm³/mol. The Morgan fingerprint density at radius 1 is 1.42 bits per heavy atom. The van der Waals surface area contributed by atoms with Crippen molar-refractivity contribution in [1.29, 1.82) is 5.26 Å². The van der Waals surface area contributed by atoms with E-state index in [0.717, 1.165) is 9.92 Å². The Morgan fingerprint density at radius 3 is 2.84 bits per heavy atom. The van der Waals surface area contributed by atoms with E-state index in [1.165, 1.54) is 0 Å². The zero-order valence-corrected chi connectivity index (χ0v) is 11.9. The van der Waals surface area contributed by atoms with Crippen LogP contribution in [0.15, 0.2) is 33.7 Å².